The molecule has 94 valence electrons. The number of aromatic amines is 1. The average molecular weight is 242 g/mol. The second-order valence-corrected chi connectivity index (χ2v) is 5.25. The summed E-state index contributed by atoms with van der Waals surface area (Å²) in [6, 6.07) is 6.26. The standard InChI is InChI=1S/C15H18N2O/c1-10-5-6-13-11(8-10)12(9-16-13)15(18)14-4-3-7-17(14)2/h5-6,8-9,14,16H,3-4,7H2,1-2H3/t14-/m1/s1. The lowest BCUT2D eigenvalue weighted by Gasteiger charge is -2.17. The SMILES string of the molecule is Cc1ccc2[nH]cc(C(=O)[C@H]3CCCN3C)c2c1. The Morgan fingerprint density at radius 1 is 1.44 bits per heavy atom. The van der Waals surface area contributed by atoms with Crippen LogP contribution in [0.2, 0.25) is 0 Å². The number of fused-ring (bicyclic) bond motifs is 1. The second kappa shape index (κ2) is 4.25. The lowest BCUT2D eigenvalue weighted by Crippen LogP contribution is -2.32. The van der Waals surface area contributed by atoms with Crippen molar-refractivity contribution < 1.29 is 4.79 Å². The number of benzene rings is 1. The van der Waals surface area contributed by atoms with Gasteiger partial charge in [-0.05, 0) is 45.5 Å². The molecule has 2 heterocycles. The number of likely N-dealkylation sites (N-methyl/N-ethyl adjacent to an activating group) is 1. The van der Waals surface area contributed by atoms with E-state index in [9.17, 15) is 4.79 Å². The molecule has 0 unspecified atom stereocenters. The predicted molar refractivity (Wildman–Crippen MR) is 73.0 cm³/mol. The minimum absolute atomic E-state index is 0.0597. The van der Waals surface area contributed by atoms with Gasteiger partial charge in [-0.2, -0.15) is 0 Å². The monoisotopic (exact) mass is 242 g/mol. The lowest BCUT2D eigenvalue weighted by molar-refractivity contribution is 0.0892. The first-order valence-corrected chi connectivity index (χ1v) is 6.49. The molecule has 0 bridgehead atoms. The van der Waals surface area contributed by atoms with Crippen LogP contribution in [0.3, 0.4) is 0 Å². The van der Waals surface area contributed by atoms with Crippen molar-refractivity contribution in [2.75, 3.05) is 13.6 Å². The number of rotatable bonds is 2. The summed E-state index contributed by atoms with van der Waals surface area (Å²) in [7, 11) is 2.04. The summed E-state index contributed by atoms with van der Waals surface area (Å²) in [5, 5.41) is 1.06. The van der Waals surface area contributed by atoms with Crippen LogP contribution in [0.1, 0.15) is 28.8 Å². The third-order valence-corrected chi connectivity index (χ3v) is 3.93. The summed E-state index contributed by atoms with van der Waals surface area (Å²) in [6.07, 6.45) is 3.96. The molecule has 1 aromatic carbocycles. The van der Waals surface area contributed by atoms with Gasteiger partial charge in [0.2, 0.25) is 0 Å². The normalized spacial score (nSPS) is 20.7. The molecule has 3 rings (SSSR count). The molecular formula is C15H18N2O. The van der Waals surface area contributed by atoms with Gasteiger partial charge in [0.05, 0.1) is 6.04 Å². The van der Waals surface area contributed by atoms with E-state index in [1.165, 1.54) is 5.56 Å². The third kappa shape index (κ3) is 1.75. The van der Waals surface area contributed by atoms with Gasteiger partial charge in [-0.15, -0.1) is 0 Å². The minimum atomic E-state index is 0.0597. The number of hydrogen-bond acceptors (Lipinski definition) is 2. The van der Waals surface area contributed by atoms with E-state index >= 15 is 0 Å². The maximum absolute atomic E-state index is 12.6. The fourth-order valence-electron chi connectivity index (χ4n) is 2.86. The molecule has 1 aliphatic rings. The quantitative estimate of drug-likeness (QED) is 0.822. The molecule has 2 aromatic rings. The number of Topliss-reactive ketones (excluding diaryl/α,β-unsaturated/α-hetero) is 1. The van der Waals surface area contributed by atoms with E-state index in [-0.39, 0.29) is 11.8 Å². The highest BCUT2D eigenvalue weighted by molar-refractivity contribution is 6.10. The third-order valence-electron chi connectivity index (χ3n) is 3.93. The molecule has 3 heteroatoms. The largest absolute Gasteiger partial charge is 0.360 e. The number of aryl methyl sites for hydroxylation is 1. The summed E-state index contributed by atoms with van der Waals surface area (Å²) in [5.41, 5.74) is 3.08. The van der Waals surface area contributed by atoms with Crippen LogP contribution < -0.4 is 0 Å². The van der Waals surface area contributed by atoms with E-state index in [4.69, 9.17) is 0 Å². The Balaban J connectivity index is 2.03. The highest BCUT2D eigenvalue weighted by Crippen LogP contribution is 2.25. The molecule has 1 atom stereocenters. The molecule has 1 aliphatic heterocycles. The Morgan fingerprint density at radius 3 is 3.00 bits per heavy atom. The summed E-state index contributed by atoms with van der Waals surface area (Å²) in [5.74, 6) is 0.256. The van der Waals surface area contributed by atoms with Crippen LogP contribution in [0.4, 0.5) is 0 Å². The molecule has 1 saturated heterocycles. The molecular weight excluding hydrogens is 224 g/mol. The minimum Gasteiger partial charge on any atom is -0.360 e. The number of carbonyl (C=O) groups excluding carboxylic acids is 1. The first-order chi connectivity index (χ1) is 8.66. The van der Waals surface area contributed by atoms with E-state index in [1.807, 2.05) is 19.3 Å². The Kier molecular flexibility index (Phi) is 2.71. The van der Waals surface area contributed by atoms with Crippen LogP contribution in [0.15, 0.2) is 24.4 Å². The number of aromatic nitrogens is 1. The van der Waals surface area contributed by atoms with Crippen LogP contribution in [0.25, 0.3) is 10.9 Å². The first kappa shape index (κ1) is 11.5. The number of likely N-dealkylation sites (tertiary alicyclic amines) is 1. The molecule has 0 spiro atoms. The molecule has 0 radical (unpaired) electrons. The van der Waals surface area contributed by atoms with Crippen molar-refractivity contribution in [3.63, 3.8) is 0 Å². The van der Waals surface area contributed by atoms with Gasteiger partial charge < -0.3 is 4.98 Å². The highest BCUT2D eigenvalue weighted by Gasteiger charge is 2.29. The number of carbonyl (C=O) groups is 1. The summed E-state index contributed by atoms with van der Waals surface area (Å²) in [4.78, 5) is 17.9. The second-order valence-electron chi connectivity index (χ2n) is 5.25. The summed E-state index contributed by atoms with van der Waals surface area (Å²) >= 11 is 0. The lowest BCUT2D eigenvalue weighted by atomic mass is 10.0. The van der Waals surface area contributed by atoms with Crippen molar-refractivity contribution in [2.24, 2.45) is 0 Å². The van der Waals surface area contributed by atoms with Crippen molar-refractivity contribution in [3.8, 4) is 0 Å². The van der Waals surface area contributed by atoms with E-state index in [0.29, 0.717) is 0 Å². The molecule has 1 N–H and O–H groups in total. The smallest absolute Gasteiger partial charge is 0.182 e. The van der Waals surface area contributed by atoms with Gasteiger partial charge in [0.25, 0.3) is 0 Å². The van der Waals surface area contributed by atoms with Crippen molar-refractivity contribution in [2.45, 2.75) is 25.8 Å². The van der Waals surface area contributed by atoms with Crippen molar-refractivity contribution in [1.29, 1.82) is 0 Å². The Bertz CT molecular complexity index is 600. The number of H-pyrrole nitrogens is 1. The molecule has 0 aliphatic carbocycles. The number of hydrogen-bond donors (Lipinski definition) is 1. The van der Waals surface area contributed by atoms with Gasteiger partial charge >= 0.3 is 0 Å². The van der Waals surface area contributed by atoms with Gasteiger partial charge in [-0.25, -0.2) is 0 Å². The Morgan fingerprint density at radius 2 is 2.28 bits per heavy atom. The van der Waals surface area contributed by atoms with E-state index in [0.717, 1.165) is 35.9 Å². The first-order valence-electron chi connectivity index (χ1n) is 6.49. The number of ketones is 1. The van der Waals surface area contributed by atoms with E-state index in [2.05, 4.69) is 28.9 Å². The summed E-state index contributed by atoms with van der Waals surface area (Å²) in [6.45, 7) is 3.08. The Hall–Kier alpha value is -1.61. The van der Waals surface area contributed by atoms with E-state index < -0.39 is 0 Å². The molecule has 18 heavy (non-hydrogen) atoms. The van der Waals surface area contributed by atoms with Crippen molar-refractivity contribution in [3.05, 3.63) is 35.5 Å². The predicted octanol–water partition coefficient (Wildman–Crippen LogP) is 2.75. The van der Waals surface area contributed by atoms with Crippen molar-refractivity contribution >= 4 is 16.7 Å². The molecule has 1 fully saturated rings. The van der Waals surface area contributed by atoms with Gasteiger partial charge in [-0.1, -0.05) is 11.6 Å². The van der Waals surface area contributed by atoms with Crippen LogP contribution in [-0.4, -0.2) is 35.3 Å². The summed E-state index contributed by atoms with van der Waals surface area (Å²) < 4.78 is 0. The molecule has 0 saturated carbocycles. The average Bonchev–Trinajstić information content (AvgIpc) is 2.94. The van der Waals surface area contributed by atoms with Crippen LogP contribution in [0, 0.1) is 6.92 Å². The fraction of sp³-hybridized carbons (Fsp3) is 0.400. The van der Waals surface area contributed by atoms with Crippen LogP contribution in [-0.2, 0) is 0 Å². The number of nitrogens with one attached hydrogen (secondary N) is 1. The van der Waals surface area contributed by atoms with Crippen LogP contribution in [0.5, 0.6) is 0 Å². The zero-order chi connectivity index (χ0) is 12.7. The van der Waals surface area contributed by atoms with Gasteiger partial charge in [0, 0.05) is 22.7 Å². The van der Waals surface area contributed by atoms with Crippen LogP contribution >= 0.6 is 0 Å². The fourth-order valence-corrected chi connectivity index (χ4v) is 2.86. The maximum atomic E-state index is 12.6. The van der Waals surface area contributed by atoms with Gasteiger partial charge in [0.1, 0.15) is 0 Å². The molecule has 0 amide bonds. The molecule has 1 aromatic heterocycles. The highest BCUT2D eigenvalue weighted by atomic mass is 16.1. The maximum Gasteiger partial charge on any atom is 0.182 e. The zero-order valence-electron chi connectivity index (χ0n) is 10.9. The van der Waals surface area contributed by atoms with Gasteiger partial charge in [-0.3, -0.25) is 9.69 Å². The molecule has 3 nitrogen and oxygen atoms in total. The van der Waals surface area contributed by atoms with Gasteiger partial charge in [0.15, 0.2) is 5.78 Å². The zero-order valence-corrected chi connectivity index (χ0v) is 10.9. The number of nitrogens with zero attached hydrogens (tertiary/aromatic N) is 1. The van der Waals surface area contributed by atoms with E-state index in [1.54, 1.807) is 0 Å². The Labute approximate surface area is 107 Å². The van der Waals surface area contributed by atoms with Crippen molar-refractivity contribution in [1.82, 2.24) is 9.88 Å². The topological polar surface area (TPSA) is 36.1 Å².